The zero-order chi connectivity index (χ0) is 20.9. The van der Waals surface area contributed by atoms with E-state index in [1.54, 1.807) is 6.92 Å². The van der Waals surface area contributed by atoms with Gasteiger partial charge in [0.25, 0.3) is 0 Å². The van der Waals surface area contributed by atoms with E-state index in [9.17, 15) is 4.79 Å². The minimum atomic E-state index is -0.387. The first-order valence-corrected chi connectivity index (χ1v) is 10.4. The lowest BCUT2D eigenvalue weighted by molar-refractivity contribution is 0.146. The van der Waals surface area contributed by atoms with Crippen LogP contribution in [0.3, 0.4) is 0 Å². The molecule has 1 aromatic heterocycles. The molecule has 8 heteroatoms. The van der Waals surface area contributed by atoms with Crippen molar-refractivity contribution in [3.8, 4) is 0 Å². The SMILES string of the molecule is CCNC(=NCc1c(CC)noc1CC)NCC(CC(C)C)NC(=O)OCC. The van der Waals surface area contributed by atoms with Crippen molar-refractivity contribution in [2.24, 2.45) is 10.9 Å². The Morgan fingerprint density at radius 2 is 1.93 bits per heavy atom. The van der Waals surface area contributed by atoms with Crippen molar-refractivity contribution in [3.63, 3.8) is 0 Å². The Bertz CT molecular complexity index is 591. The zero-order valence-electron chi connectivity index (χ0n) is 18.2. The molecule has 160 valence electrons. The van der Waals surface area contributed by atoms with Crippen molar-refractivity contribution < 1.29 is 14.1 Å². The summed E-state index contributed by atoms with van der Waals surface area (Å²) in [6.45, 7) is 14.4. The van der Waals surface area contributed by atoms with Crippen LogP contribution in [-0.2, 0) is 24.1 Å². The van der Waals surface area contributed by atoms with Crippen molar-refractivity contribution in [3.05, 3.63) is 17.0 Å². The van der Waals surface area contributed by atoms with Crippen LogP contribution in [0.4, 0.5) is 4.79 Å². The summed E-state index contributed by atoms with van der Waals surface area (Å²) in [5, 5.41) is 13.6. The molecule has 0 spiro atoms. The summed E-state index contributed by atoms with van der Waals surface area (Å²) in [7, 11) is 0. The van der Waals surface area contributed by atoms with Gasteiger partial charge in [0.05, 0.1) is 18.8 Å². The number of aryl methyl sites for hydroxylation is 2. The molecule has 0 aliphatic rings. The summed E-state index contributed by atoms with van der Waals surface area (Å²) in [6, 6.07) is -0.0455. The molecule has 0 aliphatic heterocycles. The molecule has 0 aliphatic carbocycles. The van der Waals surface area contributed by atoms with E-state index in [4.69, 9.17) is 14.3 Å². The molecule has 28 heavy (non-hydrogen) atoms. The highest BCUT2D eigenvalue weighted by molar-refractivity contribution is 5.79. The summed E-state index contributed by atoms with van der Waals surface area (Å²) in [4.78, 5) is 16.5. The lowest BCUT2D eigenvalue weighted by Crippen LogP contribution is -2.47. The average molecular weight is 396 g/mol. The summed E-state index contributed by atoms with van der Waals surface area (Å²) in [6.07, 6.45) is 2.07. The number of ether oxygens (including phenoxy) is 1. The molecule has 0 radical (unpaired) electrons. The molecule has 0 saturated heterocycles. The highest BCUT2D eigenvalue weighted by atomic mass is 16.5. The van der Waals surface area contributed by atoms with Crippen LogP contribution >= 0.6 is 0 Å². The van der Waals surface area contributed by atoms with Crippen LogP contribution in [0.25, 0.3) is 0 Å². The number of amides is 1. The maximum atomic E-state index is 11.8. The van der Waals surface area contributed by atoms with Gasteiger partial charge in [0, 0.05) is 31.1 Å². The molecule has 1 heterocycles. The van der Waals surface area contributed by atoms with Crippen LogP contribution in [0.5, 0.6) is 0 Å². The van der Waals surface area contributed by atoms with Gasteiger partial charge in [-0.1, -0.05) is 32.9 Å². The monoisotopic (exact) mass is 395 g/mol. The van der Waals surface area contributed by atoms with E-state index in [1.807, 2.05) is 13.8 Å². The molecular formula is C20H37N5O3. The summed E-state index contributed by atoms with van der Waals surface area (Å²) < 4.78 is 10.4. The number of carbonyl (C=O) groups is 1. The van der Waals surface area contributed by atoms with E-state index in [1.165, 1.54) is 0 Å². The van der Waals surface area contributed by atoms with E-state index in [0.717, 1.165) is 42.8 Å². The number of nitrogens with zero attached hydrogens (tertiary/aromatic N) is 2. The maximum absolute atomic E-state index is 11.8. The van der Waals surface area contributed by atoms with E-state index in [-0.39, 0.29) is 12.1 Å². The predicted molar refractivity (Wildman–Crippen MR) is 111 cm³/mol. The van der Waals surface area contributed by atoms with Gasteiger partial charge in [-0.3, -0.25) is 0 Å². The highest BCUT2D eigenvalue weighted by Gasteiger charge is 2.16. The van der Waals surface area contributed by atoms with Crippen LogP contribution in [-0.4, -0.2) is 42.9 Å². The van der Waals surface area contributed by atoms with Gasteiger partial charge in [-0.2, -0.15) is 0 Å². The Labute approximate surface area is 168 Å². The Balaban J connectivity index is 2.79. The van der Waals surface area contributed by atoms with Crippen LogP contribution in [0, 0.1) is 5.92 Å². The highest BCUT2D eigenvalue weighted by Crippen LogP contribution is 2.16. The Morgan fingerprint density at radius 3 is 2.50 bits per heavy atom. The number of hydrogen-bond acceptors (Lipinski definition) is 5. The van der Waals surface area contributed by atoms with Crippen molar-refractivity contribution >= 4 is 12.1 Å². The van der Waals surface area contributed by atoms with Crippen LogP contribution < -0.4 is 16.0 Å². The second-order valence-corrected chi connectivity index (χ2v) is 7.01. The van der Waals surface area contributed by atoms with E-state index >= 15 is 0 Å². The van der Waals surface area contributed by atoms with Crippen molar-refractivity contribution in [2.75, 3.05) is 19.7 Å². The van der Waals surface area contributed by atoms with E-state index < -0.39 is 0 Å². The number of carbonyl (C=O) groups excluding carboxylic acids is 1. The molecule has 8 nitrogen and oxygen atoms in total. The third kappa shape index (κ3) is 8.19. The first-order chi connectivity index (χ1) is 13.4. The number of guanidine groups is 1. The number of rotatable bonds is 11. The van der Waals surface area contributed by atoms with Crippen LogP contribution in [0.2, 0.25) is 0 Å². The van der Waals surface area contributed by atoms with Gasteiger partial charge in [-0.15, -0.1) is 0 Å². The van der Waals surface area contributed by atoms with Gasteiger partial charge in [0.15, 0.2) is 5.96 Å². The minimum Gasteiger partial charge on any atom is -0.450 e. The van der Waals surface area contributed by atoms with Gasteiger partial charge in [0.2, 0.25) is 0 Å². The third-order valence-electron chi connectivity index (χ3n) is 4.22. The molecule has 0 fully saturated rings. The minimum absolute atomic E-state index is 0.0455. The lowest BCUT2D eigenvalue weighted by Gasteiger charge is -2.22. The molecule has 0 saturated carbocycles. The first-order valence-electron chi connectivity index (χ1n) is 10.4. The van der Waals surface area contributed by atoms with Gasteiger partial charge in [-0.25, -0.2) is 9.79 Å². The topological polar surface area (TPSA) is 101 Å². The number of aromatic nitrogens is 1. The number of hydrogen-bond donors (Lipinski definition) is 3. The largest absolute Gasteiger partial charge is 0.450 e. The molecule has 1 unspecified atom stereocenters. The molecule has 1 aromatic rings. The van der Waals surface area contributed by atoms with Gasteiger partial charge in [0.1, 0.15) is 5.76 Å². The molecule has 0 bridgehead atoms. The summed E-state index contributed by atoms with van der Waals surface area (Å²) in [5.74, 6) is 2.04. The average Bonchev–Trinajstić information content (AvgIpc) is 3.05. The van der Waals surface area contributed by atoms with Crippen LogP contribution in [0.15, 0.2) is 9.52 Å². The normalized spacial score (nSPS) is 12.8. The number of nitrogens with one attached hydrogen (secondary N) is 3. The maximum Gasteiger partial charge on any atom is 0.407 e. The Kier molecular flexibility index (Phi) is 11.1. The standard InChI is InChI=1S/C20H37N5O3/c1-7-17-16(18(8-2)28-25-17)13-23-19(21-9-3)22-12-15(11-14(5)6)24-20(26)27-10-4/h14-15H,7-13H2,1-6H3,(H,24,26)(H2,21,22,23). The van der Waals surface area contributed by atoms with Gasteiger partial charge < -0.3 is 25.2 Å². The Hall–Kier alpha value is -2.25. The third-order valence-corrected chi connectivity index (χ3v) is 4.22. The van der Waals surface area contributed by atoms with Gasteiger partial charge in [-0.05, 0) is 32.6 Å². The molecule has 1 atom stereocenters. The molecule has 0 aromatic carbocycles. The molecule has 3 N–H and O–H groups in total. The molecule has 1 rings (SSSR count). The fourth-order valence-electron chi connectivity index (χ4n) is 2.94. The first kappa shape index (κ1) is 23.8. The smallest absolute Gasteiger partial charge is 0.407 e. The molecular weight excluding hydrogens is 358 g/mol. The summed E-state index contributed by atoms with van der Waals surface area (Å²) >= 11 is 0. The second-order valence-electron chi connectivity index (χ2n) is 7.01. The second kappa shape index (κ2) is 13.0. The quantitative estimate of drug-likeness (QED) is 0.393. The summed E-state index contributed by atoms with van der Waals surface area (Å²) in [5.41, 5.74) is 2.02. The van der Waals surface area contributed by atoms with E-state index in [2.05, 4.69) is 41.9 Å². The predicted octanol–water partition coefficient (Wildman–Crippen LogP) is 3.02. The zero-order valence-corrected chi connectivity index (χ0v) is 18.2. The van der Waals surface area contributed by atoms with Crippen molar-refractivity contribution in [2.45, 2.75) is 73.4 Å². The fourth-order valence-corrected chi connectivity index (χ4v) is 2.94. The molecule has 1 amide bonds. The Morgan fingerprint density at radius 1 is 1.18 bits per heavy atom. The number of alkyl carbamates (subject to hydrolysis) is 1. The lowest BCUT2D eigenvalue weighted by atomic mass is 10.0. The van der Waals surface area contributed by atoms with Crippen molar-refractivity contribution in [1.29, 1.82) is 0 Å². The number of aliphatic imine (C=N–C) groups is 1. The van der Waals surface area contributed by atoms with Gasteiger partial charge >= 0.3 is 6.09 Å². The van der Waals surface area contributed by atoms with Crippen LogP contribution in [0.1, 0.15) is 65.0 Å². The van der Waals surface area contributed by atoms with Crippen molar-refractivity contribution in [1.82, 2.24) is 21.1 Å². The fraction of sp³-hybridized carbons (Fsp3) is 0.750. The van der Waals surface area contributed by atoms with E-state index in [0.29, 0.717) is 31.6 Å².